The average molecular weight is 349 g/mol. The number of carbonyl (C=O) groups excluding carboxylic acids is 3. The summed E-state index contributed by atoms with van der Waals surface area (Å²) in [5, 5.41) is 3.64. The minimum Gasteiger partial charge on any atom is -0.324 e. The summed E-state index contributed by atoms with van der Waals surface area (Å²) in [6.07, 6.45) is 1.90. The third-order valence-electron chi connectivity index (χ3n) is 3.39. The molecule has 0 bridgehead atoms. The number of aromatic nitrogens is 2. The maximum atomic E-state index is 12.2. The van der Waals surface area contributed by atoms with Gasteiger partial charge in [-0.15, -0.1) is 0 Å². The van der Waals surface area contributed by atoms with Gasteiger partial charge in [0.25, 0.3) is 11.8 Å². The van der Waals surface area contributed by atoms with E-state index in [0.29, 0.717) is 5.06 Å². The number of fused-ring (bicyclic) bond motifs is 1. The van der Waals surface area contributed by atoms with Crippen LogP contribution < -0.4 is 0 Å². The Bertz CT molecular complexity index is 957. The van der Waals surface area contributed by atoms with E-state index in [-0.39, 0.29) is 21.7 Å². The van der Waals surface area contributed by atoms with Gasteiger partial charge in [-0.3, -0.25) is 14.3 Å². The largest absolute Gasteiger partial charge is 0.368 e. The first-order valence-electron chi connectivity index (χ1n) is 6.64. The van der Waals surface area contributed by atoms with Crippen LogP contribution in [0.15, 0.2) is 35.5 Å². The summed E-state index contributed by atoms with van der Waals surface area (Å²) in [5.41, 5.74) is -0.161. The lowest BCUT2D eigenvalue weighted by Gasteiger charge is -2.12. The Labute approximate surface area is 136 Å². The van der Waals surface area contributed by atoms with E-state index in [1.807, 2.05) is 0 Å². The van der Waals surface area contributed by atoms with Crippen molar-refractivity contribution >= 4 is 27.6 Å². The molecule has 0 aliphatic carbocycles. The number of carbonyl (C=O) groups is 3. The Morgan fingerprint density at radius 1 is 1.12 bits per heavy atom. The fourth-order valence-corrected chi connectivity index (χ4v) is 3.45. The molecule has 0 radical (unpaired) electrons. The van der Waals surface area contributed by atoms with Gasteiger partial charge in [0.1, 0.15) is 5.56 Å². The van der Waals surface area contributed by atoms with E-state index in [0.717, 1.165) is 17.1 Å². The SMILES string of the molecule is Cn1ncc(C(=O)ON2C(=O)c3ccccc3C2=O)c1S(C)(=O)=O. The van der Waals surface area contributed by atoms with Crippen LogP contribution in [0.25, 0.3) is 0 Å². The van der Waals surface area contributed by atoms with Crippen molar-refractivity contribution in [3.05, 3.63) is 47.2 Å². The Morgan fingerprint density at radius 2 is 1.67 bits per heavy atom. The highest BCUT2D eigenvalue weighted by Gasteiger charge is 2.39. The van der Waals surface area contributed by atoms with Crippen molar-refractivity contribution in [3.8, 4) is 0 Å². The van der Waals surface area contributed by atoms with E-state index in [9.17, 15) is 22.8 Å². The van der Waals surface area contributed by atoms with Gasteiger partial charge in [0, 0.05) is 13.3 Å². The van der Waals surface area contributed by atoms with Crippen LogP contribution in [0.1, 0.15) is 31.1 Å². The predicted molar refractivity (Wildman–Crippen MR) is 78.7 cm³/mol. The summed E-state index contributed by atoms with van der Waals surface area (Å²) in [7, 11) is -2.43. The van der Waals surface area contributed by atoms with E-state index in [4.69, 9.17) is 4.84 Å². The van der Waals surface area contributed by atoms with E-state index < -0.39 is 27.6 Å². The number of amides is 2. The third-order valence-corrected chi connectivity index (χ3v) is 4.57. The van der Waals surface area contributed by atoms with E-state index in [2.05, 4.69) is 5.10 Å². The van der Waals surface area contributed by atoms with Gasteiger partial charge in [-0.1, -0.05) is 17.2 Å². The molecule has 0 fully saturated rings. The molecule has 1 aromatic heterocycles. The Kier molecular flexibility index (Phi) is 3.48. The van der Waals surface area contributed by atoms with E-state index in [1.54, 1.807) is 12.1 Å². The monoisotopic (exact) mass is 349 g/mol. The summed E-state index contributed by atoms with van der Waals surface area (Å²) in [5.74, 6) is -2.76. The van der Waals surface area contributed by atoms with Gasteiger partial charge in [-0.05, 0) is 12.1 Å². The van der Waals surface area contributed by atoms with Gasteiger partial charge < -0.3 is 4.84 Å². The maximum absolute atomic E-state index is 12.2. The zero-order valence-corrected chi connectivity index (χ0v) is 13.4. The summed E-state index contributed by atoms with van der Waals surface area (Å²) >= 11 is 0. The molecule has 2 amide bonds. The first-order valence-corrected chi connectivity index (χ1v) is 8.53. The number of imide groups is 1. The van der Waals surface area contributed by atoms with Gasteiger partial charge >= 0.3 is 5.97 Å². The van der Waals surface area contributed by atoms with Gasteiger partial charge in [0.15, 0.2) is 14.9 Å². The van der Waals surface area contributed by atoms with Gasteiger partial charge in [0.2, 0.25) is 0 Å². The molecule has 2 heterocycles. The molecule has 1 aliphatic rings. The lowest BCUT2D eigenvalue weighted by molar-refractivity contribution is -0.0587. The van der Waals surface area contributed by atoms with Crippen molar-refractivity contribution < 1.29 is 27.6 Å². The molecular formula is C14H11N3O6S. The second-order valence-corrected chi connectivity index (χ2v) is 7.02. The number of benzene rings is 1. The van der Waals surface area contributed by atoms with Crippen LogP contribution in [0, 0.1) is 0 Å². The lowest BCUT2D eigenvalue weighted by Crippen LogP contribution is -2.33. The molecule has 0 saturated carbocycles. The van der Waals surface area contributed by atoms with Crippen LogP contribution in [0.5, 0.6) is 0 Å². The highest BCUT2D eigenvalue weighted by atomic mass is 32.2. The molecule has 9 nitrogen and oxygen atoms in total. The fourth-order valence-electron chi connectivity index (χ4n) is 2.39. The molecule has 10 heteroatoms. The highest BCUT2D eigenvalue weighted by Crippen LogP contribution is 2.24. The molecular weight excluding hydrogens is 338 g/mol. The fraction of sp³-hybridized carbons (Fsp3) is 0.143. The lowest BCUT2D eigenvalue weighted by atomic mass is 10.1. The molecule has 1 aliphatic heterocycles. The second-order valence-electron chi connectivity index (χ2n) is 5.09. The van der Waals surface area contributed by atoms with Crippen LogP contribution in [0.4, 0.5) is 0 Å². The summed E-state index contributed by atoms with van der Waals surface area (Å²) in [4.78, 5) is 41.4. The summed E-state index contributed by atoms with van der Waals surface area (Å²) in [6.45, 7) is 0. The first-order chi connectivity index (χ1) is 11.2. The van der Waals surface area contributed by atoms with Crippen LogP contribution in [0.3, 0.4) is 0 Å². The van der Waals surface area contributed by atoms with Crippen molar-refractivity contribution in [2.45, 2.75) is 5.03 Å². The number of hydrogen-bond acceptors (Lipinski definition) is 7. The molecule has 0 atom stereocenters. The van der Waals surface area contributed by atoms with Gasteiger partial charge in [-0.25, -0.2) is 13.2 Å². The Balaban J connectivity index is 1.93. The summed E-state index contributed by atoms with van der Waals surface area (Å²) < 4.78 is 24.5. The quantitative estimate of drug-likeness (QED) is 0.726. The molecule has 0 saturated heterocycles. The zero-order valence-electron chi connectivity index (χ0n) is 12.6. The van der Waals surface area contributed by atoms with Crippen LogP contribution in [-0.2, 0) is 21.7 Å². The van der Waals surface area contributed by atoms with E-state index in [1.165, 1.54) is 19.2 Å². The number of sulfone groups is 1. The molecule has 2 aromatic rings. The van der Waals surface area contributed by atoms with Crippen molar-refractivity contribution in [2.75, 3.05) is 6.26 Å². The number of aryl methyl sites for hydroxylation is 1. The molecule has 0 N–H and O–H groups in total. The Hall–Kier alpha value is -3.01. The van der Waals surface area contributed by atoms with Crippen LogP contribution in [-0.4, -0.2) is 47.3 Å². The van der Waals surface area contributed by atoms with Crippen molar-refractivity contribution in [1.29, 1.82) is 0 Å². The van der Waals surface area contributed by atoms with Gasteiger partial charge in [0.05, 0.1) is 17.3 Å². The second kappa shape index (κ2) is 5.27. The molecule has 24 heavy (non-hydrogen) atoms. The van der Waals surface area contributed by atoms with Crippen molar-refractivity contribution in [1.82, 2.24) is 14.8 Å². The topological polar surface area (TPSA) is 116 Å². The van der Waals surface area contributed by atoms with E-state index >= 15 is 0 Å². The standard InChI is InChI=1S/C14H11N3O6S/c1-16-13(24(2,21)22)10(7-15-16)14(20)23-17-11(18)8-5-3-4-6-9(8)12(17)19/h3-7H,1-2H3. The molecule has 124 valence electrons. The minimum absolute atomic E-state index is 0.102. The van der Waals surface area contributed by atoms with Crippen LogP contribution >= 0.6 is 0 Å². The van der Waals surface area contributed by atoms with Crippen molar-refractivity contribution in [3.63, 3.8) is 0 Å². The van der Waals surface area contributed by atoms with Gasteiger partial charge in [-0.2, -0.15) is 5.10 Å². The number of nitrogens with zero attached hydrogens (tertiary/aromatic N) is 3. The number of hydrogen-bond donors (Lipinski definition) is 0. The highest BCUT2D eigenvalue weighted by molar-refractivity contribution is 7.90. The normalized spacial score (nSPS) is 14.0. The predicted octanol–water partition coefficient (Wildman–Crippen LogP) is 0.192. The average Bonchev–Trinajstić information content (AvgIpc) is 3.02. The maximum Gasteiger partial charge on any atom is 0.368 e. The molecule has 1 aromatic carbocycles. The smallest absolute Gasteiger partial charge is 0.324 e. The van der Waals surface area contributed by atoms with Crippen molar-refractivity contribution in [2.24, 2.45) is 7.05 Å². The zero-order chi connectivity index (χ0) is 17.6. The number of rotatable bonds is 3. The Morgan fingerprint density at radius 3 is 2.17 bits per heavy atom. The minimum atomic E-state index is -3.77. The molecule has 0 spiro atoms. The van der Waals surface area contributed by atoms with Crippen LogP contribution in [0.2, 0.25) is 0 Å². The molecule has 0 unspecified atom stereocenters. The first kappa shape index (κ1) is 15.9. The third kappa shape index (κ3) is 2.36. The molecule has 3 rings (SSSR count). The summed E-state index contributed by atoms with van der Waals surface area (Å²) in [6, 6.07) is 5.99. The number of hydroxylamine groups is 2.